The highest BCUT2D eigenvalue weighted by Gasteiger charge is 2.18. The zero-order valence-corrected chi connectivity index (χ0v) is 12.9. The molecule has 0 aliphatic rings. The van der Waals surface area contributed by atoms with E-state index in [2.05, 4.69) is 15.0 Å². The highest BCUT2D eigenvalue weighted by molar-refractivity contribution is 7.51. The molecule has 22 heavy (non-hydrogen) atoms. The fourth-order valence-electron chi connectivity index (χ4n) is 2.07. The van der Waals surface area contributed by atoms with Gasteiger partial charge < -0.3 is 29.6 Å². The fraction of sp³-hybridized carbons (Fsp3) is 0.545. The van der Waals surface area contributed by atoms with Gasteiger partial charge in [0.2, 0.25) is 0 Å². The number of nitrogens with zero attached hydrogens (tertiary/aromatic N) is 4. The topological polar surface area (TPSA) is 146 Å². The number of nitrogens with two attached hydrogens (primary N) is 1. The SMILES string of the molecule is COCC(CCOCP(=O)(O)O)n1cnc2ncnc(N)c21. The Morgan fingerprint density at radius 1 is 1.41 bits per heavy atom. The second-order valence-corrected chi connectivity index (χ2v) is 6.27. The van der Waals surface area contributed by atoms with Crippen molar-refractivity contribution in [3.8, 4) is 0 Å². The van der Waals surface area contributed by atoms with E-state index >= 15 is 0 Å². The van der Waals surface area contributed by atoms with Crippen molar-refractivity contribution in [2.45, 2.75) is 12.5 Å². The minimum Gasteiger partial charge on any atom is -0.383 e. The van der Waals surface area contributed by atoms with Gasteiger partial charge in [0.05, 0.1) is 19.0 Å². The van der Waals surface area contributed by atoms with Crippen molar-refractivity contribution in [1.82, 2.24) is 19.5 Å². The van der Waals surface area contributed by atoms with E-state index in [9.17, 15) is 4.57 Å². The van der Waals surface area contributed by atoms with Crippen LogP contribution in [0.1, 0.15) is 12.5 Å². The van der Waals surface area contributed by atoms with Gasteiger partial charge >= 0.3 is 7.60 Å². The molecule has 0 saturated heterocycles. The fourth-order valence-corrected chi connectivity index (χ4v) is 2.44. The van der Waals surface area contributed by atoms with Gasteiger partial charge in [0, 0.05) is 13.7 Å². The lowest BCUT2D eigenvalue weighted by Gasteiger charge is -2.19. The summed E-state index contributed by atoms with van der Waals surface area (Å²) in [5.74, 6) is 0.305. The molecule has 0 spiro atoms. The maximum Gasteiger partial charge on any atom is 0.350 e. The molecule has 0 amide bonds. The third-order valence-corrected chi connectivity index (χ3v) is 3.52. The second-order valence-electron chi connectivity index (χ2n) is 4.68. The van der Waals surface area contributed by atoms with Crippen molar-refractivity contribution in [3.63, 3.8) is 0 Å². The number of fused-ring (bicyclic) bond motifs is 1. The average molecular weight is 331 g/mol. The zero-order valence-electron chi connectivity index (χ0n) is 12.0. The van der Waals surface area contributed by atoms with Crippen LogP contribution in [-0.4, -0.2) is 56.0 Å². The minimum absolute atomic E-state index is 0.159. The smallest absolute Gasteiger partial charge is 0.350 e. The summed E-state index contributed by atoms with van der Waals surface area (Å²) >= 11 is 0. The van der Waals surface area contributed by atoms with Gasteiger partial charge in [-0.2, -0.15) is 0 Å². The molecule has 2 aromatic rings. The number of aromatic nitrogens is 4. The Kier molecular flexibility index (Phi) is 5.43. The van der Waals surface area contributed by atoms with Gasteiger partial charge in [0.15, 0.2) is 11.5 Å². The quantitative estimate of drug-likeness (QED) is 0.454. The first-order chi connectivity index (χ1) is 10.4. The summed E-state index contributed by atoms with van der Waals surface area (Å²) in [6.07, 6.45) is 2.78. The Balaban J connectivity index is 2.11. The molecule has 0 fully saturated rings. The monoisotopic (exact) mass is 331 g/mol. The lowest BCUT2D eigenvalue weighted by Crippen LogP contribution is -2.17. The van der Waals surface area contributed by atoms with Crippen LogP contribution < -0.4 is 5.73 Å². The van der Waals surface area contributed by atoms with Crippen LogP contribution in [0, 0.1) is 0 Å². The van der Waals surface area contributed by atoms with E-state index in [0.717, 1.165) is 0 Å². The summed E-state index contributed by atoms with van der Waals surface area (Å²) in [6, 6.07) is -0.167. The first-order valence-electron chi connectivity index (χ1n) is 6.46. The summed E-state index contributed by atoms with van der Waals surface area (Å²) in [5.41, 5.74) is 6.93. The highest BCUT2D eigenvalue weighted by atomic mass is 31.2. The Morgan fingerprint density at radius 3 is 2.86 bits per heavy atom. The van der Waals surface area contributed by atoms with Gasteiger partial charge in [-0.3, -0.25) is 4.57 Å². The predicted molar refractivity (Wildman–Crippen MR) is 78.1 cm³/mol. The number of ether oxygens (including phenoxy) is 2. The van der Waals surface area contributed by atoms with Gasteiger partial charge in [-0.25, -0.2) is 15.0 Å². The lowest BCUT2D eigenvalue weighted by molar-refractivity contribution is 0.109. The number of methoxy groups -OCH3 is 1. The Hall–Kier alpha value is -1.58. The van der Waals surface area contributed by atoms with E-state index in [0.29, 0.717) is 30.0 Å². The Bertz CT molecular complexity index is 672. The normalized spacial score (nSPS) is 13.6. The van der Waals surface area contributed by atoms with Crippen molar-refractivity contribution < 1.29 is 23.8 Å². The molecule has 0 radical (unpaired) electrons. The third kappa shape index (κ3) is 4.21. The highest BCUT2D eigenvalue weighted by Crippen LogP contribution is 2.34. The molecule has 0 bridgehead atoms. The maximum atomic E-state index is 10.7. The number of hydrogen-bond donors (Lipinski definition) is 3. The number of hydrogen-bond acceptors (Lipinski definition) is 7. The molecule has 122 valence electrons. The second kappa shape index (κ2) is 7.12. The molecule has 0 aromatic carbocycles. The van der Waals surface area contributed by atoms with Crippen molar-refractivity contribution >= 4 is 24.6 Å². The van der Waals surface area contributed by atoms with Crippen molar-refractivity contribution in [1.29, 1.82) is 0 Å². The van der Waals surface area contributed by atoms with E-state index in [-0.39, 0.29) is 12.6 Å². The molecule has 2 aromatic heterocycles. The van der Waals surface area contributed by atoms with Crippen LogP contribution >= 0.6 is 7.60 Å². The third-order valence-electron chi connectivity index (χ3n) is 3.00. The summed E-state index contributed by atoms with van der Waals surface area (Å²) in [5, 5.41) is 0. The van der Waals surface area contributed by atoms with Gasteiger partial charge in [0.1, 0.15) is 18.2 Å². The van der Waals surface area contributed by atoms with Crippen LogP contribution in [0.2, 0.25) is 0 Å². The molecule has 1 unspecified atom stereocenters. The van der Waals surface area contributed by atoms with E-state index in [1.54, 1.807) is 18.0 Å². The Labute approximate surface area is 126 Å². The lowest BCUT2D eigenvalue weighted by atomic mass is 10.2. The van der Waals surface area contributed by atoms with Crippen LogP contribution in [0.4, 0.5) is 5.82 Å². The van der Waals surface area contributed by atoms with E-state index < -0.39 is 13.9 Å². The van der Waals surface area contributed by atoms with E-state index in [4.69, 9.17) is 25.0 Å². The predicted octanol–water partition coefficient (Wildman–Crippen LogP) is 0.138. The molecule has 4 N–H and O–H groups in total. The van der Waals surface area contributed by atoms with Crippen LogP contribution in [-0.2, 0) is 14.0 Å². The van der Waals surface area contributed by atoms with Gasteiger partial charge in [-0.05, 0) is 6.42 Å². The van der Waals surface area contributed by atoms with Crippen LogP contribution in [0.3, 0.4) is 0 Å². The van der Waals surface area contributed by atoms with Crippen molar-refractivity contribution in [2.24, 2.45) is 0 Å². The van der Waals surface area contributed by atoms with Gasteiger partial charge in [0.25, 0.3) is 0 Å². The van der Waals surface area contributed by atoms with Crippen molar-refractivity contribution in [2.75, 3.05) is 32.4 Å². The molecule has 1 atom stereocenters. The number of imidazole rings is 1. The molecular weight excluding hydrogens is 313 g/mol. The molecule has 0 aliphatic carbocycles. The molecular formula is C11H18N5O5P. The number of rotatable bonds is 8. The van der Waals surface area contributed by atoms with Crippen LogP contribution in [0.15, 0.2) is 12.7 Å². The summed E-state index contributed by atoms with van der Waals surface area (Å²) in [4.78, 5) is 29.7. The summed E-state index contributed by atoms with van der Waals surface area (Å²) in [7, 11) is -2.60. The molecule has 0 aliphatic heterocycles. The minimum atomic E-state index is -4.16. The van der Waals surface area contributed by atoms with E-state index in [1.807, 2.05) is 0 Å². The first kappa shape index (κ1) is 16.8. The van der Waals surface area contributed by atoms with Gasteiger partial charge in [-0.1, -0.05) is 0 Å². The van der Waals surface area contributed by atoms with Crippen LogP contribution in [0.5, 0.6) is 0 Å². The standard InChI is InChI=1S/C11H18N5O5P/c1-20-4-8(2-3-21-7-22(17,18)19)16-6-15-11-9(16)10(12)13-5-14-11/h5-6,8H,2-4,7H2,1H3,(H2,12,13,14)(H2,17,18,19). The molecule has 11 heteroatoms. The molecule has 2 heterocycles. The summed E-state index contributed by atoms with van der Waals surface area (Å²) < 4.78 is 22.7. The zero-order chi connectivity index (χ0) is 16.2. The van der Waals surface area contributed by atoms with Crippen LogP contribution in [0.25, 0.3) is 11.2 Å². The van der Waals surface area contributed by atoms with Gasteiger partial charge in [-0.15, -0.1) is 0 Å². The molecule has 0 saturated carbocycles. The number of anilines is 1. The molecule has 2 rings (SSSR count). The molecule has 10 nitrogen and oxygen atoms in total. The average Bonchev–Trinajstić information content (AvgIpc) is 2.86. The number of nitrogen functional groups attached to an aromatic ring is 1. The largest absolute Gasteiger partial charge is 0.383 e. The van der Waals surface area contributed by atoms with Crippen molar-refractivity contribution in [3.05, 3.63) is 12.7 Å². The first-order valence-corrected chi connectivity index (χ1v) is 8.26. The maximum absolute atomic E-state index is 10.7. The van der Waals surface area contributed by atoms with E-state index in [1.165, 1.54) is 6.33 Å². The Morgan fingerprint density at radius 2 is 2.18 bits per heavy atom. The summed E-state index contributed by atoms with van der Waals surface area (Å²) in [6.45, 7) is 0.519.